The molecule has 0 unspecified atom stereocenters. The fraction of sp³-hybridized carbons (Fsp3) is 0.549. The fourth-order valence-electron chi connectivity index (χ4n) is 9.38. The van der Waals surface area contributed by atoms with Crippen molar-refractivity contribution in [3.63, 3.8) is 0 Å². The van der Waals surface area contributed by atoms with Crippen LogP contribution in [0, 0.1) is 0 Å². The van der Waals surface area contributed by atoms with Crippen molar-refractivity contribution in [2.75, 3.05) is 0 Å². The average molecular weight is 1150 g/mol. The number of ether oxygens (including phenoxy) is 5. The molecule has 12 nitrogen and oxygen atoms in total. The van der Waals surface area contributed by atoms with Gasteiger partial charge in [-0.25, -0.2) is 0 Å². The number of benzene rings is 2. The topological polar surface area (TPSA) is 162 Å². The normalized spacial score (nSPS) is 11.8. The third-order valence-electron chi connectivity index (χ3n) is 14.1. The quantitative estimate of drug-likeness (QED) is 0.0173. The molecule has 456 valence electrons. The van der Waals surface area contributed by atoms with Gasteiger partial charge in [0.1, 0.15) is 22.5 Å². The zero-order chi connectivity index (χ0) is 59.6. The molecule has 0 fully saturated rings. The van der Waals surface area contributed by atoms with Crippen LogP contribution in [0.3, 0.4) is 0 Å². The molecule has 0 saturated carbocycles. The Morgan fingerprint density at radius 1 is 0.410 bits per heavy atom. The second kappa shape index (κ2) is 47.9. The van der Waals surface area contributed by atoms with Gasteiger partial charge in [0.25, 0.3) is 12.9 Å². The molecule has 2 aromatic carbocycles. The standard InChI is InChI=1S/C71H100O12/c1-4-7-10-13-16-19-22-25-28-31-34-37-40-43-46-49-65(74)80-60-55-63(78-57-72)68-64(56-60)83-70(71(69(68)77)79-58-73)59-52-53-61(81-66(75)50-47-44-41-38-35-32-29-26-23-20-17-14-11-8-5-2)62(54-59)82-67(76)51-48-45-42-39-36-33-30-27-24-21-18-15-12-9-6-3/h16-21,25-30,52-58H,4-15,22-24,31-51H2,1-3H3/b19-16-,20-17-,21-18-,28-25-,29-26-,30-27-. The first-order valence-electron chi connectivity index (χ1n) is 31.8. The van der Waals surface area contributed by atoms with Crippen molar-refractivity contribution in [2.45, 2.75) is 252 Å². The lowest BCUT2D eigenvalue weighted by molar-refractivity contribution is -0.137. The van der Waals surface area contributed by atoms with Crippen molar-refractivity contribution >= 4 is 41.8 Å². The van der Waals surface area contributed by atoms with Crippen LogP contribution in [0.1, 0.15) is 252 Å². The summed E-state index contributed by atoms with van der Waals surface area (Å²) >= 11 is 0. The van der Waals surface area contributed by atoms with E-state index in [2.05, 4.69) is 93.7 Å². The minimum Gasteiger partial charge on any atom is -0.452 e. The molecule has 0 radical (unpaired) electrons. The van der Waals surface area contributed by atoms with Crippen LogP contribution in [0.2, 0.25) is 0 Å². The van der Waals surface area contributed by atoms with Gasteiger partial charge >= 0.3 is 17.9 Å². The maximum Gasteiger partial charge on any atom is 0.311 e. The summed E-state index contributed by atoms with van der Waals surface area (Å²) < 4.78 is 34.0. The van der Waals surface area contributed by atoms with Crippen molar-refractivity contribution in [3.8, 4) is 40.1 Å². The van der Waals surface area contributed by atoms with Crippen molar-refractivity contribution in [1.82, 2.24) is 0 Å². The van der Waals surface area contributed by atoms with Crippen LogP contribution >= 0.6 is 0 Å². The van der Waals surface area contributed by atoms with Crippen LogP contribution in [0.15, 0.2) is 112 Å². The maximum absolute atomic E-state index is 14.2. The van der Waals surface area contributed by atoms with Crippen LogP contribution < -0.4 is 29.1 Å². The van der Waals surface area contributed by atoms with E-state index in [1.54, 1.807) is 0 Å². The van der Waals surface area contributed by atoms with E-state index in [4.69, 9.17) is 28.1 Å². The highest BCUT2D eigenvalue weighted by atomic mass is 16.6. The minimum absolute atomic E-state index is 0.0179. The van der Waals surface area contributed by atoms with E-state index in [9.17, 15) is 28.8 Å². The highest BCUT2D eigenvalue weighted by Crippen LogP contribution is 2.40. The average Bonchev–Trinajstić information content (AvgIpc) is 3.06. The van der Waals surface area contributed by atoms with Crippen molar-refractivity contribution in [3.05, 3.63) is 113 Å². The monoisotopic (exact) mass is 1140 g/mol. The number of carbonyl (C=O) groups is 5. The molecule has 0 saturated heterocycles. The van der Waals surface area contributed by atoms with E-state index in [1.807, 2.05) is 0 Å². The van der Waals surface area contributed by atoms with Gasteiger partial charge in [-0.3, -0.25) is 28.8 Å². The lowest BCUT2D eigenvalue weighted by atomic mass is 10.1. The summed E-state index contributed by atoms with van der Waals surface area (Å²) in [6.45, 7) is 6.81. The van der Waals surface area contributed by atoms with Crippen LogP contribution in [0.4, 0.5) is 0 Å². The predicted octanol–water partition coefficient (Wildman–Crippen LogP) is 19.7. The third-order valence-corrected chi connectivity index (χ3v) is 14.1. The van der Waals surface area contributed by atoms with Crippen molar-refractivity contribution in [1.29, 1.82) is 0 Å². The Morgan fingerprint density at radius 2 is 0.795 bits per heavy atom. The van der Waals surface area contributed by atoms with E-state index in [-0.39, 0.29) is 77.5 Å². The molecule has 0 aliphatic heterocycles. The lowest BCUT2D eigenvalue weighted by Crippen LogP contribution is -2.13. The third kappa shape index (κ3) is 32.8. The van der Waals surface area contributed by atoms with Gasteiger partial charge < -0.3 is 28.1 Å². The number of unbranched alkanes of at least 4 members (excludes halogenated alkanes) is 24. The van der Waals surface area contributed by atoms with Gasteiger partial charge in [-0.2, -0.15) is 0 Å². The van der Waals surface area contributed by atoms with Crippen LogP contribution in [-0.4, -0.2) is 30.9 Å². The second-order valence-corrected chi connectivity index (χ2v) is 21.3. The summed E-state index contributed by atoms with van der Waals surface area (Å²) in [7, 11) is 0. The fourth-order valence-corrected chi connectivity index (χ4v) is 9.38. The van der Waals surface area contributed by atoms with Gasteiger partial charge in [-0.05, 0) is 134 Å². The van der Waals surface area contributed by atoms with Crippen LogP contribution in [0.5, 0.6) is 28.7 Å². The molecule has 1 aromatic heterocycles. The molecular weight excluding hydrogens is 1040 g/mol. The van der Waals surface area contributed by atoms with E-state index in [1.165, 1.54) is 88.1 Å². The van der Waals surface area contributed by atoms with E-state index in [0.29, 0.717) is 19.3 Å². The first-order valence-corrected chi connectivity index (χ1v) is 31.8. The van der Waals surface area contributed by atoms with E-state index >= 15 is 0 Å². The lowest BCUT2D eigenvalue weighted by Gasteiger charge is -2.14. The molecule has 0 aliphatic carbocycles. The van der Waals surface area contributed by atoms with Gasteiger partial charge in [0.05, 0.1) is 0 Å². The zero-order valence-electron chi connectivity index (χ0n) is 50.8. The predicted molar refractivity (Wildman–Crippen MR) is 336 cm³/mol. The molecular formula is C71H100O12. The summed E-state index contributed by atoms with van der Waals surface area (Å²) in [5, 5.41) is -0.255. The van der Waals surface area contributed by atoms with E-state index < -0.39 is 29.1 Å². The molecule has 0 bridgehead atoms. The molecule has 12 heteroatoms. The van der Waals surface area contributed by atoms with Gasteiger partial charge in [0, 0.05) is 37.0 Å². The Bertz CT molecular complexity index is 2540. The van der Waals surface area contributed by atoms with Gasteiger partial charge in [-0.1, -0.05) is 190 Å². The smallest absolute Gasteiger partial charge is 0.311 e. The largest absolute Gasteiger partial charge is 0.452 e. The Labute approximate surface area is 497 Å². The number of esters is 3. The molecule has 3 rings (SSSR count). The molecule has 83 heavy (non-hydrogen) atoms. The Kier molecular flexibility index (Phi) is 40.8. The molecule has 1 heterocycles. The van der Waals surface area contributed by atoms with Crippen LogP contribution in [0.25, 0.3) is 22.3 Å². The molecule has 0 N–H and O–H groups in total. The van der Waals surface area contributed by atoms with Gasteiger partial charge in [0.2, 0.25) is 11.2 Å². The number of hydrogen-bond donors (Lipinski definition) is 0. The number of hydrogen-bond acceptors (Lipinski definition) is 12. The molecule has 3 aromatic rings. The second-order valence-electron chi connectivity index (χ2n) is 21.3. The Hall–Kier alpha value is -6.56. The molecule has 0 spiro atoms. The van der Waals surface area contributed by atoms with Gasteiger partial charge in [-0.15, -0.1) is 0 Å². The minimum atomic E-state index is -0.874. The SMILES string of the molecule is CCCCC/C=C\C/C=C\CCCCCCCC(=O)Oc1cc(OC=O)c2c(=O)c(OC=O)c(-c3ccc(OC(=O)CCCCCCC/C=C\C/C=C\CCCCC)c(OC(=O)CCCCCCC/C=C\C/C=C\CCCCC)c3)oc2c1. The highest BCUT2D eigenvalue weighted by molar-refractivity contribution is 5.91. The van der Waals surface area contributed by atoms with Gasteiger partial charge in [0.15, 0.2) is 17.3 Å². The Morgan fingerprint density at radius 3 is 1.22 bits per heavy atom. The summed E-state index contributed by atoms with van der Waals surface area (Å²) in [4.78, 5) is 77.6. The number of fused-ring (bicyclic) bond motifs is 1. The Balaban J connectivity index is 1.70. The molecule has 0 aliphatic rings. The maximum atomic E-state index is 14.2. The van der Waals surface area contributed by atoms with Crippen molar-refractivity contribution in [2.24, 2.45) is 0 Å². The first kappa shape index (κ1) is 70.7. The first-order chi connectivity index (χ1) is 40.8. The highest BCUT2D eigenvalue weighted by Gasteiger charge is 2.25. The van der Waals surface area contributed by atoms with Crippen LogP contribution in [-0.2, 0) is 24.0 Å². The number of rotatable bonds is 50. The molecule has 0 amide bonds. The summed E-state index contributed by atoms with van der Waals surface area (Å²) in [6.07, 6.45) is 61.4. The zero-order valence-corrected chi connectivity index (χ0v) is 50.8. The summed E-state index contributed by atoms with van der Waals surface area (Å²) in [6, 6.07) is 6.79. The number of carbonyl (C=O) groups excluding carboxylic acids is 5. The number of allylic oxidation sites excluding steroid dienone is 12. The van der Waals surface area contributed by atoms with Crippen molar-refractivity contribution < 1.29 is 52.1 Å². The van der Waals surface area contributed by atoms with E-state index in [0.717, 1.165) is 135 Å². The molecule has 0 atom stereocenters. The summed E-state index contributed by atoms with van der Waals surface area (Å²) in [5.41, 5.74) is -0.910. The summed E-state index contributed by atoms with van der Waals surface area (Å²) in [5.74, 6) is -2.85.